The number of non-ortho nitro benzene ring substituents is 1. The lowest BCUT2D eigenvalue weighted by molar-refractivity contribution is -0.385. The molecule has 0 unspecified atom stereocenters. The van der Waals surface area contributed by atoms with Gasteiger partial charge in [-0.05, 0) is 12.5 Å². The Morgan fingerprint density at radius 3 is 2.70 bits per heavy atom. The lowest BCUT2D eigenvalue weighted by Crippen LogP contribution is -2.49. The normalized spacial score (nSPS) is 16.8. The molecule has 0 saturated carbocycles. The summed E-state index contributed by atoms with van der Waals surface area (Å²) in [4.78, 5) is 21.2. The number of carbonyl (C=O) groups is 1. The molecular formula is C11H13N3O5S. The summed E-state index contributed by atoms with van der Waals surface area (Å²) in [6, 6.07) is 3.66. The van der Waals surface area contributed by atoms with Gasteiger partial charge in [0, 0.05) is 25.2 Å². The number of aryl methyl sites for hydroxylation is 1. The molecule has 1 heterocycles. The van der Waals surface area contributed by atoms with Crippen LogP contribution in [-0.2, 0) is 14.8 Å². The number of nitrogens with one attached hydrogen (secondary N) is 1. The molecule has 8 nitrogen and oxygen atoms in total. The van der Waals surface area contributed by atoms with Gasteiger partial charge >= 0.3 is 0 Å². The second kappa shape index (κ2) is 5.17. The van der Waals surface area contributed by atoms with Crippen LogP contribution >= 0.6 is 0 Å². The number of piperazine rings is 1. The number of nitro benzene ring substituents is 1. The lowest BCUT2D eigenvalue weighted by atomic mass is 10.2. The Morgan fingerprint density at radius 2 is 2.10 bits per heavy atom. The van der Waals surface area contributed by atoms with Gasteiger partial charge in [0.05, 0.1) is 16.4 Å². The van der Waals surface area contributed by atoms with Crippen molar-refractivity contribution < 1.29 is 18.1 Å². The average Bonchev–Trinajstić information content (AvgIpc) is 2.38. The largest absolute Gasteiger partial charge is 0.354 e. The van der Waals surface area contributed by atoms with Crippen LogP contribution in [0.25, 0.3) is 0 Å². The highest BCUT2D eigenvalue weighted by atomic mass is 32.2. The monoisotopic (exact) mass is 299 g/mol. The smallest absolute Gasteiger partial charge is 0.270 e. The third-order valence-electron chi connectivity index (χ3n) is 3.00. The minimum Gasteiger partial charge on any atom is -0.354 e. The SMILES string of the molecule is Cc1ccc([N+](=O)[O-])cc1S(=O)(=O)N1CCNC(=O)C1. The van der Waals surface area contributed by atoms with Crippen LogP contribution in [0.15, 0.2) is 23.1 Å². The summed E-state index contributed by atoms with van der Waals surface area (Å²) in [5.41, 5.74) is 0.109. The molecule has 2 rings (SSSR count). The third kappa shape index (κ3) is 2.63. The van der Waals surface area contributed by atoms with Gasteiger partial charge in [-0.25, -0.2) is 8.42 Å². The number of benzene rings is 1. The van der Waals surface area contributed by atoms with Crippen molar-refractivity contribution in [1.82, 2.24) is 9.62 Å². The number of amides is 1. The van der Waals surface area contributed by atoms with Gasteiger partial charge in [-0.3, -0.25) is 14.9 Å². The number of hydrogen-bond donors (Lipinski definition) is 1. The highest BCUT2D eigenvalue weighted by Gasteiger charge is 2.31. The summed E-state index contributed by atoms with van der Waals surface area (Å²) in [7, 11) is -3.91. The van der Waals surface area contributed by atoms with Crippen LogP contribution in [-0.4, -0.2) is 43.2 Å². The van der Waals surface area contributed by atoms with Crippen molar-refractivity contribution in [2.75, 3.05) is 19.6 Å². The fourth-order valence-electron chi connectivity index (χ4n) is 1.94. The Morgan fingerprint density at radius 1 is 1.40 bits per heavy atom. The molecule has 1 aromatic carbocycles. The van der Waals surface area contributed by atoms with E-state index in [0.717, 1.165) is 10.4 Å². The van der Waals surface area contributed by atoms with Crippen LogP contribution in [0.1, 0.15) is 5.56 Å². The van der Waals surface area contributed by atoms with Gasteiger partial charge in [0.15, 0.2) is 0 Å². The molecular weight excluding hydrogens is 286 g/mol. The van der Waals surface area contributed by atoms with E-state index in [1.807, 2.05) is 0 Å². The molecule has 1 aliphatic rings. The zero-order valence-electron chi connectivity index (χ0n) is 10.7. The highest BCUT2D eigenvalue weighted by molar-refractivity contribution is 7.89. The lowest BCUT2D eigenvalue weighted by Gasteiger charge is -2.26. The average molecular weight is 299 g/mol. The summed E-state index contributed by atoms with van der Waals surface area (Å²) in [6.07, 6.45) is 0. The van der Waals surface area contributed by atoms with Gasteiger partial charge in [-0.15, -0.1) is 0 Å². The predicted molar refractivity (Wildman–Crippen MR) is 69.6 cm³/mol. The Bertz CT molecular complexity index is 671. The molecule has 1 amide bonds. The fourth-order valence-corrected chi connectivity index (χ4v) is 3.58. The van der Waals surface area contributed by atoms with Crippen molar-refractivity contribution in [3.8, 4) is 0 Å². The van der Waals surface area contributed by atoms with E-state index < -0.39 is 14.9 Å². The number of nitrogens with zero attached hydrogens (tertiary/aromatic N) is 2. The van der Waals surface area contributed by atoms with Crippen molar-refractivity contribution in [2.45, 2.75) is 11.8 Å². The maximum Gasteiger partial charge on any atom is 0.270 e. The maximum atomic E-state index is 12.5. The van der Waals surface area contributed by atoms with E-state index in [-0.39, 0.29) is 36.1 Å². The second-order valence-corrected chi connectivity index (χ2v) is 6.30. The van der Waals surface area contributed by atoms with E-state index in [4.69, 9.17) is 0 Å². The minimum atomic E-state index is -3.91. The van der Waals surface area contributed by atoms with E-state index in [0.29, 0.717) is 5.56 Å². The molecule has 0 spiro atoms. The van der Waals surface area contributed by atoms with Crippen LogP contribution < -0.4 is 5.32 Å². The first-order valence-electron chi connectivity index (χ1n) is 5.84. The molecule has 1 aliphatic heterocycles. The molecule has 108 valence electrons. The Kier molecular flexibility index (Phi) is 3.73. The molecule has 1 N–H and O–H groups in total. The van der Waals surface area contributed by atoms with Crippen molar-refractivity contribution in [3.05, 3.63) is 33.9 Å². The number of rotatable bonds is 3. The highest BCUT2D eigenvalue weighted by Crippen LogP contribution is 2.24. The summed E-state index contributed by atoms with van der Waals surface area (Å²) < 4.78 is 25.9. The van der Waals surface area contributed by atoms with Gasteiger partial charge < -0.3 is 5.32 Å². The standard InChI is InChI=1S/C11H13N3O5S/c1-8-2-3-9(14(16)17)6-10(8)20(18,19)13-5-4-12-11(15)7-13/h2-3,6H,4-5,7H2,1H3,(H,12,15). The summed E-state index contributed by atoms with van der Waals surface area (Å²) in [5, 5.41) is 13.3. The van der Waals surface area contributed by atoms with Gasteiger partial charge in [-0.1, -0.05) is 6.07 Å². The Labute approximate surface area is 115 Å². The molecule has 1 fully saturated rings. The van der Waals surface area contributed by atoms with Gasteiger partial charge in [0.25, 0.3) is 5.69 Å². The van der Waals surface area contributed by atoms with Crippen LogP contribution in [0.2, 0.25) is 0 Å². The fraction of sp³-hybridized carbons (Fsp3) is 0.364. The van der Waals surface area contributed by atoms with E-state index in [1.165, 1.54) is 12.1 Å². The van der Waals surface area contributed by atoms with Crippen LogP contribution in [0.3, 0.4) is 0 Å². The van der Waals surface area contributed by atoms with Crippen LogP contribution in [0.4, 0.5) is 5.69 Å². The van der Waals surface area contributed by atoms with Gasteiger partial charge in [0.1, 0.15) is 0 Å². The molecule has 1 saturated heterocycles. The Balaban J connectivity index is 2.45. The van der Waals surface area contributed by atoms with Crippen molar-refractivity contribution in [2.24, 2.45) is 0 Å². The molecule has 20 heavy (non-hydrogen) atoms. The predicted octanol–water partition coefficient (Wildman–Crippen LogP) is 0.0237. The third-order valence-corrected chi connectivity index (χ3v) is 4.99. The summed E-state index contributed by atoms with van der Waals surface area (Å²) in [5.74, 6) is -0.386. The van der Waals surface area contributed by atoms with Crippen molar-refractivity contribution >= 4 is 21.6 Å². The summed E-state index contributed by atoms with van der Waals surface area (Å²) in [6.45, 7) is 1.66. The molecule has 0 radical (unpaired) electrons. The van der Waals surface area contributed by atoms with E-state index in [2.05, 4.69) is 5.32 Å². The molecule has 1 aromatic rings. The van der Waals surface area contributed by atoms with E-state index in [1.54, 1.807) is 6.92 Å². The van der Waals surface area contributed by atoms with E-state index in [9.17, 15) is 23.3 Å². The zero-order chi connectivity index (χ0) is 14.9. The molecule has 0 atom stereocenters. The molecule has 9 heteroatoms. The quantitative estimate of drug-likeness (QED) is 0.625. The first-order valence-corrected chi connectivity index (χ1v) is 7.28. The number of hydrogen-bond acceptors (Lipinski definition) is 5. The first-order chi connectivity index (χ1) is 9.32. The molecule has 0 bridgehead atoms. The minimum absolute atomic E-state index is 0.138. The maximum absolute atomic E-state index is 12.5. The molecule has 0 aromatic heterocycles. The summed E-state index contributed by atoms with van der Waals surface area (Å²) >= 11 is 0. The van der Waals surface area contributed by atoms with Gasteiger partial charge in [0.2, 0.25) is 15.9 Å². The zero-order valence-corrected chi connectivity index (χ0v) is 11.5. The first kappa shape index (κ1) is 14.4. The number of carbonyl (C=O) groups excluding carboxylic acids is 1. The Hall–Kier alpha value is -2.00. The van der Waals surface area contributed by atoms with Gasteiger partial charge in [-0.2, -0.15) is 4.31 Å². The van der Waals surface area contributed by atoms with E-state index >= 15 is 0 Å². The van der Waals surface area contributed by atoms with Crippen molar-refractivity contribution in [1.29, 1.82) is 0 Å². The van der Waals surface area contributed by atoms with Crippen molar-refractivity contribution in [3.63, 3.8) is 0 Å². The molecule has 0 aliphatic carbocycles. The number of sulfonamides is 1. The van der Waals surface area contributed by atoms with Crippen LogP contribution in [0.5, 0.6) is 0 Å². The topological polar surface area (TPSA) is 110 Å². The number of nitro groups is 1. The second-order valence-electron chi connectivity index (χ2n) is 4.40. The van der Waals surface area contributed by atoms with Crippen LogP contribution in [0, 0.1) is 17.0 Å².